The zero-order chi connectivity index (χ0) is 26.9. The first-order valence-corrected chi connectivity index (χ1v) is 10.6. The Bertz CT molecular complexity index is 1250. The summed E-state index contributed by atoms with van der Waals surface area (Å²) < 4.78 is 80.3. The fraction of sp³-hybridized carbons (Fsp3) is 0.231. The maximum Gasteiger partial charge on any atom is 0.416 e. The van der Waals surface area contributed by atoms with Gasteiger partial charge in [-0.15, -0.1) is 0 Å². The van der Waals surface area contributed by atoms with Gasteiger partial charge in [-0.1, -0.05) is 18.2 Å². The summed E-state index contributed by atoms with van der Waals surface area (Å²) in [4.78, 5) is 30.2. The van der Waals surface area contributed by atoms with Gasteiger partial charge in [-0.2, -0.15) is 26.3 Å². The number of hydrogen-bond acceptors (Lipinski definition) is 3. The summed E-state index contributed by atoms with van der Waals surface area (Å²) in [7, 11) is 0. The molecule has 1 amide bonds. The normalized spacial score (nSPS) is 13.7. The molecule has 1 aromatic heterocycles. The van der Waals surface area contributed by atoms with E-state index >= 15 is 0 Å². The number of aryl methyl sites for hydroxylation is 2. The molecule has 0 aliphatic carbocycles. The van der Waals surface area contributed by atoms with Crippen LogP contribution in [-0.2, 0) is 18.8 Å². The highest BCUT2D eigenvalue weighted by molar-refractivity contribution is 6.08. The molecule has 0 saturated carbocycles. The summed E-state index contributed by atoms with van der Waals surface area (Å²) in [6.45, 7) is 7.42. The van der Waals surface area contributed by atoms with E-state index in [4.69, 9.17) is 0 Å². The van der Waals surface area contributed by atoms with Gasteiger partial charge >= 0.3 is 12.4 Å². The number of Topliss-reactive ketones (excluding diaryl/α,β-unsaturated/α-hetero) is 1. The van der Waals surface area contributed by atoms with E-state index in [1.54, 1.807) is 25.1 Å². The predicted molar refractivity (Wildman–Crippen MR) is 120 cm³/mol. The first-order valence-electron chi connectivity index (χ1n) is 10.6. The molecule has 1 heterocycles. The monoisotopic (exact) mass is 507 g/mol. The van der Waals surface area contributed by atoms with Gasteiger partial charge < -0.3 is 5.32 Å². The van der Waals surface area contributed by atoms with Crippen LogP contribution in [0.3, 0.4) is 0 Å². The Kier molecular flexibility index (Phi) is 7.29. The van der Waals surface area contributed by atoms with Gasteiger partial charge in [0.15, 0.2) is 5.78 Å². The van der Waals surface area contributed by atoms with E-state index in [-0.39, 0.29) is 18.1 Å². The number of amides is 1. The van der Waals surface area contributed by atoms with E-state index in [1.165, 1.54) is 24.5 Å². The van der Waals surface area contributed by atoms with Crippen LogP contribution in [0.4, 0.5) is 26.3 Å². The van der Waals surface area contributed by atoms with E-state index in [9.17, 15) is 35.9 Å². The maximum absolute atomic E-state index is 13.5. The van der Waals surface area contributed by atoms with Crippen LogP contribution in [-0.4, -0.2) is 22.2 Å². The van der Waals surface area contributed by atoms with E-state index in [0.717, 1.165) is 11.1 Å². The highest BCUT2D eigenvalue weighted by Gasteiger charge is 2.41. The van der Waals surface area contributed by atoms with Crippen LogP contribution in [0.1, 0.15) is 48.5 Å². The van der Waals surface area contributed by atoms with Crippen LogP contribution >= 0.6 is 0 Å². The number of aromatic nitrogens is 1. The van der Waals surface area contributed by atoms with Crippen molar-refractivity contribution in [3.8, 4) is 0 Å². The summed E-state index contributed by atoms with van der Waals surface area (Å²) >= 11 is 0. The van der Waals surface area contributed by atoms with Crippen molar-refractivity contribution >= 4 is 11.7 Å². The van der Waals surface area contributed by atoms with Crippen LogP contribution in [0.5, 0.6) is 0 Å². The Balaban J connectivity index is 2.13. The van der Waals surface area contributed by atoms with Crippen molar-refractivity contribution in [2.75, 3.05) is 0 Å². The number of benzene rings is 2. The molecule has 1 N–H and O–H groups in total. The number of carbonyl (C=O) groups excluding carboxylic acids is 2. The van der Waals surface area contributed by atoms with Gasteiger partial charge in [0.25, 0.3) is 5.91 Å². The lowest BCUT2D eigenvalue weighted by Crippen LogP contribution is -2.54. The summed E-state index contributed by atoms with van der Waals surface area (Å²) in [5.74, 6) is -2.01. The fourth-order valence-corrected chi connectivity index (χ4v) is 3.60. The first-order chi connectivity index (χ1) is 16.6. The van der Waals surface area contributed by atoms with Crippen LogP contribution in [0.25, 0.3) is 0 Å². The van der Waals surface area contributed by atoms with E-state index in [1.807, 2.05) is 6.92 Å². The van der Waals surface area contributed by atoms with Crippen molar-refractivity contribution in [1.82, 2.24) is 10.3 Å². The zero-order valence-electron chi connectivity index (χ0n) is 19.2. The minimum absolute atomic E-state index is 0.0690. The number of hydrogen-bond donors (Lipinski definition) is 1. The molecule has 0 fully saturated rings. The number of nitrogens with one attached hydrogen (secondary N) is 1. The lowest BCUT2D eigenvalue weighted by Gasteiger charge is -2.30. The number of alkyl halides is 6. The molecule has 4 nitrogen and oxygen atoms in total. The summed E-state index contributed by atoms with van der Waals surface area (Å²) in [6, 6.07) is 8.35. The van der Waals surface area contributed by atoms with Crippen molar-refractivity contribution in [3.05, 3.63) is 107 Å². The van der Waals surface area contributed by atoms with Crippen molar-refractivity contribution < 1.29 is 35.9 Å². The van der Waals surface area contributed by atoms with Gasteiger partial charge in [0.2, 0.25) is 0 Å². The highest BCUT2D eigenvalue weighted by Crippen LogP contribution is 2.37. The molecule has 1 radical (unpaired) electrons. The third-order valence-electron chi connectivity index (χ3n) is 5.66. The van der Waals surface area contributed by atoms with E-state index < -0.39 is 46.3 Å². The molecule has 0 aliphatic heterocycles. The lowest BCUT2D eigenvalue weighted by atomic mass is 9.83. The minimum Gasteiger partial charge on any atom is -0.339 e. The quantitative estimate of drug-likeness (QED) is 0.321. The minimum atomic E-state index is -5.14. The predicted octanol–water partition coefficient (Wildman–Crippen LogP) is 6.16. The third-order valence-corrected chi connectivity index (χ3v) is 5.66. The standard InChI is InChI=1S/C26H21F6N2O2/c1-15-4-5-17(10-16(15)2)14-24(3,34-23(36)18-6-8-33-9-7-18)22(35)19-11-20(25(27,28)29)13-21(12-19)26(30,31)32/h4-13H,3,14H2,1-2H3,(H,34,36). The topological polar surface area (TPSA) is 59.1 Å². The highest BCUT2D eigenvalue weighted by atomic mass is 19.4. The molecular formula is C26H21F6N2O2. The van der Waals surface area contributed by atoms with Gasteiger partial charge in [-0.3, -0.25) is 14.6 Å². The molecule has 189 valence electrons. The molecule has 0 aliphatic rings. The summed E-state index contributed by atoms with van der Waals surface area (Å²) in [5.41, 5.74) is -3.97. The van der Waals surface area contributed by atoms with Crippen LogP contribution in [0, 0.1) is 20.8 Å². The molecule has 10 heteroatoms. The second-order valence-electron chi connectivity index (χ2n) is 8.49. The zero-order valence-corrected chi connectivity index (χ0v) is 19.2. The maximum atomic E-state index is 13.5. The number of pyridine rings is 1. The molecule has 2 aromatic carbocycles. The number of halogens is 6. The Morgan fingerprint density at radius 3 is 1.86 bits per heavy atom. The Morgan fingerprint density at radius 2 is 1.36 bits per heavy atom. The first kappa shape index (κ1) is 26.9. The fourth-order valence-electron chi connectivity index (χ4n) is 3.60. The summed E-state index contributed by atoms with van der Waals surface area (Å²) in [5, 5.41) is 2.42. The van der Waals surface area contributed by atoms with Crippen molar-refractivity contribution in [2.45, 2.75) is 38.2 Å². The Hall–Kier alpha value is -3.69. The molecule has 3 rings (SSSR count). The van der Waals surface area contributed by atoms with Crippen LogP contribution in [0.2, 0.25) is 0 Å². The Morgan fingerprint density at radius 1 is 0.806 bits per heavy atom. The largest absolute Gasteiger partial charge is 0.416 e. The molecule has 3 aromatic rings. The van der Waals surface area contributed by atoms with Crippen molar-refractivity contribution in [1.29, 1.82) is 0 Å². The van der Waals surface area contributed by atoms with Gasteiger partial charge in [0.05, 0.1) is 11.1 Å². The molecule has 1 atom stereocenters. The number of nitrogens with zero attached hydrogens (tertiary/aromatic N) is 1. The molecule has 0 spiro atoms. The molecule has 36 heavy (non-hydrogen) atoms. The van der Waals surface area contributed by atoms with Crippen LogP contribution < -0.4 is 5.32 Å². The second kappa shape index (κ2) is 9.75. The van der Waals surface area contributed by atoms with Gasteiger partial charge in [0, 0.05) is 29.9 Å². The molecule has 0 bridgehead atoms. The van der Waals surface area contributed by atoms with Gasteiger partial charge in [0.1, 0.15) is 5.54 Å². The van der Waals surface area contributed by atoms with E-state index in [0.29, 0.717) is 17.7 Å². The smallest absolute Gasteiger partial charge is 0.339 e. The molecule has 0 saturated heterocycles. The summed E-state index contributed by atoms with van der Waals surface area (Å²) in [6.07, 6.45) is -7.95. The number of carbonyl (C=O) groups is 2. The third kappa shape index (κ3) is 6.10. The van der Waals surface area contributed by atoms with Crippen molar-refractivity contribution in [3.63, 3.8) is 0 Å². The average molecular weight is 507 g/mol. The SMILES string of the molecule is [CH2]C(Cc1ccc(C)c(C)c1)(NC(=O)c1ccncc1)C(=O)c1cc(C(F)(F)F)cc(C(F)(F)F)c1. The van der Waals surface area contributed by atoms with Crippen molar-refractivity contribution in [2.24, 2.45) is 0 Å². The van der Waals surface area contributed by atoms with Gasteiger partial charge in [-0.25, -0.2) is 0 Å². The number of ketones is 1. The van der Waals surface area contributed by atoms with Crippen LogP contribution in [0.15, 0.2) is 60.9 Å². The molecular weight excluding hydrogens is 486 g/mol. The number of rotatable bonds is 6. The van der Waals surface area contributed by atoms with Gasteiger partial charge in [-0.05, 0) is 67.8 Å². The lowest BCUT2D eigenvalue weighted by molar-refractivity contribution is -0.143. The Labute approximate surface area is 203 Å². The molecule has 1 unspecified atom stereocenters. The average Bonchev–Trinajstić information content (AvgIpc) is 2.80. The second-order valence-corrected chi connectivity index (χ2v) is 8.49. The van der Waals surface area contributed by atoms with E-state index in [2.05, 4.69) is 17.2 Å².